The second kappa shape index (κ2) is 7.63. The molecule has 4 aromatic rings. The summed E-state index contributed by atoms with van der Waals surface area (Å²) in [6.07, 6.45) is 1.55. The molecule has 3 aromatic heterocycles. The van der Waals surface area contributed by atoms with Crippen LogP contribution in [-0.2, 0) is 0 Å². The molecule has 0 bridgehead atoms. The van der Waals surface area contributed by atoms with Crippen molar-refractivity contribution in [3.8, 4) is 22.2 Å². The maximum Gasteiger partial charge on any atom is 0.269 e. The molecule has 4 rings (SSSR count). The van der Waals surface area contributed by atoms with Gasteiger partial charge < -0.3 is 14.6 Å². The molecular formula is C21H20N4O3S. The zero-order valence-electron chi connectivity index (χ0n) is 16.5. The van der Waals surface area contributed by atoms with E-state index in [1.165, 1.54) is 0 Å². The lowest BCUT2D eigenvalue weighted by atomic mass is 10.1. The molecule has 1 amide bonds. The maximum absolute atomic E-state index is 11.8. The summed E-state index contributed by atoms with van der Waals surface area (Å²) in [6, 6.07) is 9.22. The summed E-state index contributed by atoms with van der Waals surface area (Å²) >= 11 is 1.60. The van der Waals surface area contributed by atoms with Crippen LogP contribution in [-0.4, -0.2) is 28.1 Å². The van der Waals surface area contributed by atoms with E-state index in [1.807, 2.05) is 32.0 Å². The number of fused-ring (bicyclic) bond motifs is 1. The van der Waals surface area contributed by atoms with Gasteiger partial charge in [0.15, 0.2) is 0 Å². The topological polar surface area (TPSA) is 90.1 Å². The number of carbonyl (C=O) groups is 1. The quantitative estimate of drug-likeness (QED) is 0.503. The number of thiophene rings is 1. The van der Waals surface area contributed by atoms with Gasteiger partial charge in [-0.1, -0.05) is 19.0 Å². The summed E-state index contributed by atoms with van der Waals surface area (Å²) in [7, 11) is 1.57. The average Bonchev–Trinajstić information content (AvgIpc) is 3.32. The zero-order chi connectivity index (χ0) is 20.5. The van der Waals surface area contributed by atoms with E-state index in [-0.39, 0.29) is 11.8 Å². The number of aromatic nitrogens is 3. The molecule has 7 nitrogen and oxygen atoms in total. The van der Waals surface area contributed by atoms with Crippen molar-refractivity contribution in [2.45, 2.75) is 26.7 Å². The fourth-order valence-corrected chi connectivity index (χ4v) is 4.07. The molecule has 1 N–H and O–H groups in total. The number of carbonyl (C=O) groups excluding carboxylic acids is 1. The number of amides is 1. The summed E-state index contributed by atoms with van der Waals surface area (Å²) in [4.78, 5) is 21.3. The second-order valence-electron chi connectivity index (χ2n) is 6.88. The van der Waals surface area contributed by atoms with Crippen molar-refractivity contribution in [1.29, 1.82) is 0 Å². The van der Waals surface area contributed by atoms with Crippen LogP contribution in [0.4, 0.5) is 0 Å². The lowest BCUT2D eigenvalue weighted by Crippen LogP contribution is -2.18. The van der Waals surface area contributed by atoms with Crippen molar-refractivity contribution in [3.63, 3.8) is 0 Å². The van der Waals surface area contributed by atoms with Gasteiger partial charge in [-0.15, -0.1) is 11.3 Å². The highest BCUT2D eigenvalue weighted by Crippen LogP contribution is 2.39. The van der Waals surface area contributed by atoms with Gasteiger partial charge >= 0.3 is 0 Å². The van der Waals surface area contributed by atoms with Crippen molar-refractivity contribution >= 4 is 27.3 Å². The standard InChI is InChI=1S/C21H20N4O3S/c1-11(2)21-24-19(25-28-21)18-12(3)15-6-5-13(10-17(15)29-18)27-14-7-8-23-16(9-14)20(26)22-4/h5-11H,1-4H3,(H,22,26). The summed E-state index contributed by atoms with van der Waals surface area (Å²) in [6.45, 7) is 6.10. The minimum atomic E-state index is -0.259. The van der Waals surface area contributed by atoms with E-state index in [0.29, 0.717) is 28.9 Å². The van der Waals surface area contributed by atoms with Gasteiger partial charge in [-0.3, -0.25) is 9.78 Å². The van der Waals surface area contributed by atoms with Crippen LogP contribution in [0.25, 0.3) is 20.8 Å². The van der Waals surface area contributed by atoms with E-state index < -0.39 is 0 Å². The highest BCUT2D eigenvalue weighted by atomic mass is 32.1. The lowest BCUT2D eigenvalue weighted by Gasteiger charge is -2.07. The molecular weight excluding hydrogens is 388 g/mol. The van der Waals surface area contributed by atoms with Gasteiger partial charge in [0.25, 0.3) is 5.91 Å². The third-order valence-electron chi connectivity index (χ3n) is 4.48. The molecule has 0 aliphatic heterocycles. The molecule has 0 fully saturated rings. The van der Waals surface area contributed by atoms with Crippen LogP contribution < -0.4 is 10.1 Å². The molecule has 0 radical (unpaired) electrons. The van der Waals surface area contributed by atoms with Gasteiger partial charge in [0.1, 0.15) is 17.2 Å². The molecule has 3 heterocycles. The van der Waals surface area contributed by atoms with Gasteiger partial charge in [0.2, 0.25) is 11.7 Å². The first-order valence-electron chi connectivity index (χ1n) is 9.19. The molecule has 0 unspecified atom stereocenters. The fourth-order valence-electron chi connectivity index (χ4n) is 2.91. The summed E-state index contributed by atoms with van der Waals surface area (Å²) in [5.74, 6) is 2.39. The number of pyridine rings is 1. The first kappa shape index (κ1) is 19.1. The molecule has 29 heavy (non-hydrogen) atoms. The number of hydrogen-bond acceptors (Lipinski definition) is 7. The van der Waals surface area contributed by atoms with E-state index in [0.717, 1.165) is 20.5 Å². The smallest absolute Gasteiger partial charge is 0.269 e. The third-order valence-corrected chi connectivity index (χ3v) is 5.73. The second-order valence-corrected chi connectivity index (χ2v) is 7.94. The summed E-state index contributed by atoms with van der Waals surface area (Å²) in [5.41, 5.74) is 1.41. The number of nitrogens with one attached hydrogen (secondary N) is 1. The predicted octanol–water partition coefficient (Wildman–Crippen LogP) is 4.93. The minimum absolute atomic E-state index is 0.186. The van der Waals surface area contributed by atoms with Crippen molar-refractivity contribution in [1.82, 2.24) is 20.4 Å². The molecule has 0 aliphatic rings. The van der Waals surface area contributed by atoms with Crippen LogP contribution in [0.15, 0.2) is 41.1 Å². The van der Waals surface area contributed by atoms with Gasteiger partial charge in [-0.2, -0.15) is 4.98 Å². The number of ether oxygens (including phenoxy) is 1. The molecule has 0 aliphatic carbocycles. The van der Waals surface area contributed by atoms with Crippen LogP contribution in [0, 0.1) is 6.92 Å². The van der Waals surface area contributed by atoms with E-state index in [1.54, 1.807) is 36.7 Å². The first-order valence-corrected chi connectivity index (χ1v) is 10.0. The van der Waals surface area contributed by atoms with Gasteiger partial charge in [-0.25, -0.2) is 0 Å². The van der Waals surface area contributed by atoms with Crippen molar-refractivity contribution < 1.29 is 14.1 Å². The highest BCUT2D eigenvalue weighted by Gasteiger charge is 2.18. The monoisotopic (exact) mass is 408 g/mol. The Labute approximate surface area is 171 Å². The number of benzene rings is 1. The largest absolute Gasteiger partial charge is 0.457 e. The summed E-state index contributed by atoms with van der Waals surface area (Å²) < 4.78 is 12.4. The Kier molecular flexibility index (Phi) is 5.02. The number of hydrogen-bond donors (Lipinski definition) is 1. The normalized spacial score (nSPS) is 11.2. The van der Waals surface area contributed by atoms with Crippen molar-refractivity contribution in [3.05, 3.63) is 53.7 Å². The number of aryl methyl sites for hydroxylation is 1. The highest BCUT2D eigenvalue weighted by molar-refractivity contribution is 7.22. The number of nitrogens with zero attached hydrogens (tertiary/aromatic N) is 3. The lowest BCUT2D eigenvalue weighted by molar-refractivity contribution is 0.0958. The third kappa shape index (κ3) is 3.71. The van der Waals surface area contributed by atoms with Gasteiger partial charge in [0.05, 0.1) is 4.88 Å². The van der Waals surface area contributed by atoms with Crippen LogP contribution in [0.1, 0.15) is 41.7 Å². The Morgan fingerprint density at radius 3 is 2.72 bits per heavy atom. The number of rotatable bonds is 5. The Morgan fingerprint density at radius 2 is 2.00 bits per heavy atom. The van der Waals surface area contributed by atoms with Crippen molar-refractivity contribution in [2.24, 2.45) is 0 Å². The van der Waals surface area contributed by atoms with Crippen molar-refractivity contribution in [2.75, 3.05) is 7.05 Å². The molecule has 8 heteroatoms. The molecule has 1 aromatic carbocycles. The first-order chi connectivity index (χ1) is 14.0. The van der Waals surface area contributed by atoms with Gasteiger partial charge in [0, 0.05) is 29.9 Å². The van der Waals surface area contributed by atoms with Crippen LogP contribution >= 0.6 is 11.3 Å². The predicted molar refractivity (Wildman–Crippen MR) is 112 cm³/mol. The summed E-state index contributed by atoms with van der Waals surface area (Å²) in [5, 5.41) is 7.81. The van der Waals surface area contributed by atoms with E-state index in [4.69, 9.17) is 9.26 Å². The van der Waals surface area contributed by atoms with E-state index in [2.05, 4.69) is 27.4 Å². The Hall–Kier alpha value is -3.26. The van der Waals surface area contributed by atoms with E-state index in [9.17, 15) is 4.79 Å². The Balaban J connectivity index is 1.65. The molecule has 0 spiro atoms. The maximum atomic E-state index is 11.8. The minimum Gasteiger partial charge on any atom is -0.457 e. The molecule has 0 saturated carbocycles. The van der Waals surface area contributed by atoms with Crippen LogP contribution in [0.5, 0.6) is 11.5 Å². The van der Waals surface area contributed by atoms with E-state index >= 15 is 0 Å². The molecule has 148 valence electrons. The Morgan fingerprint density at radius 1 is 1.21 bits per heavy atom. The van der Waals surface area contributed by atoms with Gasteiger partial charge in [-0.05, 0) is 42.1 Å². The zero-order valence-corrected chi connectivity index (χ0v) is 17.3. The van der Waals surface area contributed by atoms with Crippen LogP contribution in [0.3, 0.4) is 0 Å². The molecule has 0 atom stereocenters. The Bertz CT molecular complexity index is 1200. The fraction of sp³-hybridized carbons (Fsp3) is 0.238. The molecule has 0 saturated heterocycles. The SMILES string of the molecule is CNC(=O)c1cc(Oc2ccc3c(C)c(-c4noc(C(C)C)n4)sc3c2)ccn1. The van der Waals surface area contributed by atoms with Crippen LogP contribution in [0.2, 0.25) is 0 Å². The average molecular weight is 408 g/mol.